The zero-order valence-electron chi connectivity index (χ0n) is 10.00. The molecule has 1 aromatic heterocycles. The molecule has 4 nitrogen and oxygen atoms in total. The average molecular weight is 362 g/mol. The van der Waals surface area contributed by atoms with Gasteiger partial charge in [0.25, 0.3) is 10.0 Å². The topological polar surface area (TPSA) is 66.4 Å². The van der Waals surface area contributed by atoms with E-state index in [4.69, 9.17) is 0 Å². The van der Waals surface area contributed by atoms with Crippen LogP contribution in [0.15, 0.2) is 44.4 Å². The summed E-state index contributed by atoms with van der Waals surface area (Å²) in [5, 5.41) is 11.1. The first-order valence-electron chi connectivity index (χ1n) is 5.44. The highest BCUT2D eigenvalue weighted by molar-refractivity contribution is 9.10. The summed E-state index contributed by atoms with van der Waals surface area (Å²) in [6.45, 7) is 1.73. The lowest BCUT2D eigenvalue weighted by Gasteiger charge is -2.14. The van der Waals surface area contributed by atoms with Gasteiger partial charge in [0.05, 0.1) is 0 Å². The van der Waals surface area contributed by atoms with Gasteiger partial charge in [-0.2, -0.15) is 0 Å². The van der Waals surface area contributed by atoms with Crippen molar-refractivity contribution < 1.29 is 13.5 Å². The molecule has 0 amide bonds. The maximum atomic E-state index is 12.2. The van der Waals surface area contributed by atoms with Gasteiger partial charge in [-0.25, -0.2) is 13.1 Å². The van der Waals surface area contributed by atoms with E-state index in [9.17, 15) is 13.5 Å². The van der Waals surface area contributed by atoms with E-state index in [2.05, 4.69) is 20.7 Å². The molecule has 1 heterocycles. The third-order valence-corrected chi connectivity index (χ3v) is 6.74. The van der Waals surface area contributed by atoms with Gasteiger partial charge in [0.15, 0.2) is 0 Å². The number of aromatic hydroxyl groups is 1. The minimum absolute atomic E-state index is 0.112. The van der Waals surface area contributed by atoms with Crippen molar-refractivity contribution in [3.05, 3.63) is 45.7 Å². The summed E-state index contributed by atoms with van der Waals surface area (Å²) >= 11 is 4.36. The number of thiophene rings is 1. The number of nitrogens with one attached hydrogen (secondary N) is 1. The van der Waals surface area contributed by atoms with Crippen LogP contribution in [0.4, 0.5) is 0 Å². The van der Waals surface area contributed by atoms with Crippen molar-refractivity contribution in [2.75, 3.05) is 0 Å². The second kappa shape index (κ2) is 5.62. The number of benzene rings is 1. The Morgan fingerprint density at radius 2 is 2.11 bits per heavy atom. The number of hydrogen-bond acceptors (Lipinski definition) is 4. The second-order valence-corrected chi connectivity index (χ2v) is 7.67. The highest BCUT2D eigenvalue weighted by atomic mass is 79.9. The molecule has 2 aromatic rings. The van der Waals surface area contributed by atoms with Gasteiger partial charge in [-0.3, -0.25) is 0 Å². The summed E-state index contributed by atoms with van der Waals surface area (Å²) < 4.78 is 27.8. The maximum absolute atomic E-state index is 12.2. The van der Waals surface area contributed by atoms with Crippen molar-refractivity contribution in [3.8, 4) is 5.75 Å². The van der Waals surface area contributed by atoms with Crippen LogP contribution in [0.2, 0.25) is 0 Å². The largest absolute Gasteiger partial charge is 0.508 e. The van der Waals surface area contributed by atoms with E-state index in [1.54, 1.807) is 36.6 Å². The standard InChI is InChI=1S/C12H12BrNO3S2/c1-8(9-3-2-4-10(15)7-9)14-19(16,17)12-11(13)5-6-18-12/h2-8,14-15H,1H3. The number of phenols is 1. The van der Waals surface area contributed by atoms with Crippen molar-refractivity contribution in [1.82, 2.24) is 4.72 Å². The van der Waals surface area contributed by atoms with Gasteiger partial charge in [0, 0.05) is 10.5 Å². The molecule has 0 aliphatic heterocycles. The van der Waals surface area contributed by atoms with Crippen LogP contribution >= 0.6 is 27.3 Å². The smallest absolute Gasteiger partial charge is 0.251 e. The number of halogens is 1. The van der Waals surface area contributed by atoms with E-state index in [1.165, 1.54) is 6.07 Å². The molecule has 0 aliphatic rings. The molecule has 1 atom stereocenters. The summed E-state index contributed by atoms with van der Waals surface area (Å²) in [5.74, 6) is 0.112. The minimum Gasteiger partial charge on any atom is -0.508 e. The predicted octanol–water partition coefficient (Wildman–Crippen LogP) is 3.26. The maximum Gasteiger partial charge on any atom is 0.251 e. The van der Waals surface area contributed by atoms with Crippen LogP contribution < -0.4 is 4.72 Å². The molecule has 0 bridgehead atoms. The number of hydrogen-bond donors (Lipinski definition) is 2. The fourth-order valence-electron chi connectivity index (χ4n) is 1.62. The molecule has 0 aliphatic carbocycles. The first-order chi connectivity index (χ1) is 8.90. The molecule has 0 saturated carbocycles. The lowest BCUT2D eigenvalue weighted by atomic mass is 10.1. The zero-order chi connectivity index (χ0) is 14.0. The van der Waals surface area contributed by atoms with Crippen LogP contribution in [0, 0.1) is 0 Å². The van der Waals surface area contributed by atoms with Crippen LogP contribution in [-0.4, -0.2) is 13.5 Å². The Bertz CT molecular complexity index is 682. The molecule has 0 radical (unpaired) electrons. The average Bonchev–Trinajstić information content (AvgIpc) is 2.75. The van der Waals surface area contributed by atoms with Crippen molar-refractivity contribution in [1.29, 1.82) is 0 Å². The number of sulfonamides is 1. The fraction of sp³-hybridized carbons (Fsp3) is 0.167. The minimum atomic E-state index is -3.57. The van der Waals surface area contributed by atoms with Crippen LogP contribution in [0.1, 0.15) is 18.5 Å². The number of phenolic OH excluding ortho intramolecular Hbond substituents is 1. The molecule has 2 N–H and O–H groups in total. The summed E-state index contributed by atoms with van der Waals surface area (Å²) in [5.41, 5.74) is 0.705. The molecular weight excluding hydrogens is 350 g/mol. The third-order valence-electron chi connectivity index (χ3n) is 2.53. The highest BCUT2D eigenvalue weighted by Crippen LogP contribution is 2.29. The van der Waals surface area contributed by atoms with Crippen molar-refractivity contribution in [3.63, 3.8) is 0 Å². The fourth-order valence-corrected chi connectivity index (χ4v) is 5.21. The Labute approximate surface area is 124 Å². The van der Waals surface area contributed by atoms with Gasteiger partial charge in [0.2, 0.25) is 0 Å². The van der Waals surface area contributed by atoms with Gasteiger partial charge < -0.3 is 5.11 Å². The Hall–Kier alpha value is -0.890. The molecule has 102 valence electrons. The molecule has 19 heavy (non-hydrogen) atoms. The van der Waals surface area contributed by atoms with Gasteiger partial charge in [0.1, 0.15) is 9.96 Å². The van der Waals surface area contributed by atoms with Gasteiger partial charge >= 0.3 is 0 Å². The third kappa shape index (κ3) is 3.36. The van der Waals surface area contributed by atoms with E-state index >= 15 is 0 Å². The Morgan fingerprint density at radius 3 is 2.68 bits per heavy atom. The van der Waals surface area contributed by atoms with E-state index in [-0.39, 0.29) is 9.96 Å². The van der Waals surface area contributed by atoms with Crippen LogP contribution in [0.25, 0.3) is 0 Å². The normalized spacial score (nSPS) is 13.4. The zero-order valence-corrected chi connectivity index (χ0v) is 13.2. The first-order valence-corrected chi connectivity index (χ1v) is 8.60. The van der Waals surface area contributed by atoms with E-state index < -0.39 is 16.1 Å². The molecule has 0 spiro atoms. The summed E-state index contributed by atoms with van der Waals surface area (Å²) in [4.78, 5) is 0. The van der Waals surface area contributed by atoms with E-state index in [1.807, 2.05) is 0 Å². The molecule has 1 unspecified atom stereocenters. The summed E-state index contributed by atoms with van der Waals surface area (Å²) in [6.07, 6.45) is 0. The Balaban J connectivity index is 2.24. The second-order valence-electron chi connectivity index (χ2n) is 3.99. The van der Waals surface area contributed by atoms with Crippen molar-refractivity contribution in [2.45, 2.75) is 17.2 Å². The molecule has 7 heteroatoms. The van der Waals surface area contributed by atoms with Crippen LogP contribution in [0.5, 0.6) is 5.75 Å². The summed E-state index contributed by atoms with van der Waals surface area (Å²) in [7, 11) is -3.57. The van der Waals surface area contributed by atoms with E-state index in [0.717, 1.165) is 11.3 Å². The van der Waals surface area contributed by atoms with Gasteiger partial charge in [-0.1, -0.05) is 12.1 Å². The Morgan fingerprint density at radius 1 is 1.37 bits per heavy atom. The molecule has 0 fully saturated rings. The van der Waals surface area contributed by atoms with Crippen molar-refractivity contribution in [2.24, 2.45) is 0 Å². The predicted molar refractivity (Wildman–Crippen MR) is 78.9 cm³/mol. The van der Waals surface area contributed by atoms with Crippen molar-refractivity contribution >= 4 is 37.3 Å². The first kappa shape index (κ1) is 14.5. The SMILES string of the molecule is CC(NS(=O)(=O)c1sccc1Br)c1cccc(O)c1. The lowest BCUT2D eigenvalue weighted by Crippen LogP contribution is -2.26. The lowest BCUT2D eigenvalue weighted by molar-refractivity contribution is 0.473. The molecule has 0 saturated heterocycles. The number of rotatable bonds is 4. The highest BCUT2D eigenvalue weighted by Gasteiger charge is 2.22. The quantitative estimate of drug-likeness (QED) is 0.878. The van der Waals surface area contributed by atoms with Gasteiger partial charge in [-0.05, 0) is 52.0 Å². The molecular formula is C12H12BrNO3S2. The van der Waals surface area contributed by atoms with Crippen LogP contribution in [0.3, 0.4) is 0 Å². The van der Waals surface area contributed by atoms with Crippen LogP contribution in [-0.2, 0) is 10.0 Å². The molecule has 1 aromatic carbocycles. The summed E-state index contributed by atoms with van der Waals surface area (Å²) in [6, 6.07) is 7.79. The van der Waals surface area contributed by atoms with Gasteiger partial charge in [-0.15, -0.1) is 11.3 Å². The Kier molecular flexibility index (Phi) is 4.29. The monoisotopic (exact) mass is 361 g/mol. The molecule has 2 rings (SSSR count). The van der Waals surface area contributed by atoms with E-state index in [0.29, 0.717) is 10.0 Å².